The minimum absolute atomic E-state index is 0.0399. The molecule has 0 saturated carbocycles. The number of alkyl halides is 2. The van der Waals surface area contributed by atoms with Gasteiger partial charge < -0.3 is 10.2 Å². The molecule has 1 aliphatic rings. The van der Waals surface area contributed by atoms with Crippen LogP contribution in [0.4, 0.5) is 17.6 Å². The second kappa shape index (κ2) is 7.87. The monoisotopic (exact) mass is 406 g/mol. The van der Waals surface area contributed by atoms with E-state index in [-0.39, 0.29) is 16.7 Å². The number of halogens is 4. The predicted octanol–water partition coefficient (Wildman–Crippen LogP) is 2.52. The molecule has 3 rings (SSSR count). The first-order valence-corrected chi connectivity index (χ1v) is 8.46. The number of nitrogens with one attached hydrogen (secondary N) is 1. The first-order valence-electron chi connectivity index (χ1n) is 8.46. The Labute approximate surface area is 162 Å². The Kier molecular flexibility index (Phi) is 5.50. The summed E-state index contributed by atoms with van der Waals surface area (Å²) in [6.07, 6.45) is 1.72. The van der Waals surface area contributed by atoms with E-state index in [9.17, 15) is 27.2 Å². The highest BCUT2D eigenvalue weighted by Crippen LogP contribution is 2.31. The molecular formula is C19H14F4N4O2. The van der Waals surface area contributed by atoms with Crippen LogP contribution < -0.4 is 5.32 Å². The highest BCUT2D eigenvalue weighted by Gasteiger charge is 2.47. The highest BCUT2D eigenvalue weighted by atomic mass is 19.3. The predicted molar refractivity (Wildman–Crippen MR) is 92.6 cm³/mol. The second-order valence-corrected chi connectivity index (χ2v) is 6.45. The highest BCUT2D eigenvalue weighted by molar-refractivity contribution is 6.02. The number of benzene rings is 1. The van der Waals surface area contributed by atoms with Crippen LogP contribution in [0.1, 0.15) is 16.8 Å². The molecule has 6 nitrogen and oxygen atoms in total. The van der Waals surface area contributed by atoms with Crippen molar-refractivity contribution in [3.05, 3.63) is 53.9 Å². The third-order valence-corrected chi connectivity index (χ3v) is 4.43. The lowest BCUT2D eigenvalue weighted by Crippen LogP contribution is -2.43. The summed E-state index contributed by atoms with van der Waals surface area (Å²) in [6, 6.07) is 4.46. The Hall–Kier alpha value is -3.48. The molecule has 0 radical (unpaired) electrons. The van der Waals surface area contributed by atoms with Gasteiger partial charge in [0.2, 0.25) is 5.91 Å². The summed E-state index contributed by atoms with van der Waals surface area (Å²) in [6.45, 7) is -1.53. The van der Waals surface area contributed by atoms with Crippen molar-refractivity contribution in [2.24, 2.45) is 0 Å². The third-order valence-electron chi connectivity index (χ3n) is 4.43. The number of rotatable bonds is 4. The van der Waals surface area contributed by atoms with Gasteiger partial charge in [-0.15, -0.1) is 0 Å². The van der Waals surface area contributed by atoms with Crippen molar-refractivity contribution in [3.63, 3.8) is 0 Å². The van der Waals surface area contributed by atoms with E-state index in [4.69, 9.17) is 5.26 Å². The van der Waals surface area contributed by atoms with Crippen LogP contribution >= 0.6 is 0 Å². The lowest BCUT2D eigenvalue weighted by molar-refractivity contribution is -0.131. The average Bonchev–Trinajstić information content (AvgIpc) is 3.01. The zero-order chi connectivity index (χ0) is 21.2. The Bertz CT molecular complexity index is 1010. The molecule has 0 spiro atoms. The zero-order valence-electron chi connectivity index (χ0n) is 14.8. The smallest absolute Gasteiger partial charge is 0.268 e. The number of likely N-dealkylation sites (tertiary alicyclic amines) is 1. The van der Waals surface area contributed by atoms with Gasteiger partial charge in [0.1, 0.15) is 17.7 Å². The number of amides is 2. The summed E-state index contributed by atoms with van der Waals surface area (Å²) < 4.78 is 54.2. The molecule has 2 heterocycles. The van der Waals surface area contributed by atoms with Gasteiger partial charge in [-0.3, -0.25) is 14.6 Å². The average molecular weight is 406 g/mol. The van der Waals surface area contributed by atoms with Gasteiger partial charge in [-0.2, -0.15) is 5.26 Å². The van der Waals surface area contributed by atoms with Crippen LogP contribution in [0.15, 0.2) is 36.7 Å². The minimum atomic E-state index is -3.17. The number of pyridine rings is 1. The summed E-state index contributed by atoms with van der Waals surface area (Å²) in [5.74, 6) is -6.48. The van der Waals surface area contributed by atoms with Crippen molar-refractivity contribution >= 4 is 11.8 Å². The van der Waals surface area contributed by atoms with Crippen LogP contribution in [0.25, 0.3) is 11.1 Å². The molecule has 2 amide bonds. The molecular weight excluding hydrogens is 392 g/mol. The second-order valence-electron chi connectivity index (χ2n) is 6.45. The van der Waals surface area contributed by atoms with Crippen LogP contribution in [0.2, 0.25) is 0 Å². The molecule has 1 unspecified atom stereocenters. The van der Waals surface area contributed by atoms with Crippen LogP contribution in [-0.2, 0) is 4.79 Å². The molecule has 0 bridgehead atoms. The van der Waals surface area contributed by atoms with Crippen molar-refractivity contribution in [2.45, 2.75) is 18.4 Å². The number of nitriles is 1. The first-order chi connectivity index (χ1) is 13.7. The van der Waals surface area contributed by atoms with E-state index >= 15 is 0 Å². The lowest BCUT2D eigenvalue weighted by atomic mass is 10.0. The number of carbonyl (C=O) groups excluding carboxylic acids is 2. The van der Waals surface area contributed by atoms with Crippen molar-refractivity contribution < 1.29 is 27.2 Å². The van der Waals surface area contributed by atoms with Crippen LogP contribution in [-0.4, -0.2) is 46.8 Å². The maximum absolute atomic E-state index is 14.1. The third kappa shape index (κ3) is 4.34. The summed E-state index contributed by atoms with van der Waals surface area (Å²) in [4.78, 5) is 29.2. The van der Waals surface area contributed by atoms with Gasteiger partial charge in [0, 0.05) is 36.0 Å². The SMILES string of the molecule is N#CC1CC(F)(F)CN1C(=O)CNC(=O)c1ccncc1-c1ccc(F)cc1F. The van der Waals surface area contributed by atoms with Crippen LogP contribution in [0.5, 0.6) is 0 Å². The molecule has 29 heavy (non-hydrogen) atoms. The Morgan fingerprint density at radius 2 is 2.03 bits per heavy atom. The molecule has 1 aromatic carbocycles. The van der Waals surface area contributed by atoms with Gasteiger partial charge in [-0.1, -0.05) is 0 Å². The van der Waals surface area contributed by atoms with E-state index in [2.05, 4.69) is 10.3 Å². The summed E-state index contributed by atoms with van der Waals surface area (Å²) in [5, 5.41) is 11.2. The van der Waals surface area contributed by atoms with Gasteiger partial charge in [0.25, 0.3) is 11.8 Å². The maximum Gasteiger partial charge on any atom is 0.268 e. The van der Waals surface area contributed by atoms with Crippen molar-refractivity contribution in [1.82, 2.24) is 15.2 Å². The fraction of sp³-hybridized carbons (Fsp3) is 0.263. The van der Waals surface area contributed by atoms with Crippen molar-refractivity contribution in [3.8, 4) is 17.2 Å². The normalized spacial score (nSPS) is 17.6. The van der Waals surface area contributed by atoms with E-state index < -0.39 is 54.9 Å². The van der Waals surface area contributed by atoms with Gasteiger partial charge in [0.15, 0.2) is 0 Å². The summed E-state index contributed by atoms with van der Waals surface area (Å²) in [7, 11) is 0. The topological polar surface area (TPSA) is 86.1 Å². The van der Waals surface area contributed by atoms with Gasteiger partial charge in [-0.25, -0.2) is 17.6 Å². The van der Waals surface area contributed by atoms with E-state index in [1.807, 2.05) is 0 Å². The van der Waals surface area contributed by atoms with Gasteiger partial charge >= 0.3 is 0 Å². The molecule has 2 aromatic rings. The van der Waals surface area contributed by atoms with E-state index in [1.54, 1.807) is 6.07 Å². The fourth-order valence-electron chi connectivity index (χ4n) is 3.06. The Balaban J connectivity index is 1.75. The number of aromatic nitrogens is 1. The molecule has 1 N–H and O–H groups in total. The Morgan fingerprint density at radius 3 is 2.72 bits per heavy atom. The lowest BCUT2D eigenvalue weighted by Gasteiger charge is -2.19. The van der Waals surface area contributed by atoms with E-state index in [0.29, 0.717) is 11.0 Å². The molecule has 1 saturated heterocycles. The minimum Gasteiger partial charge on any atom is -0.343 e. The van der Waals surface area contributed by atoms with E-state index in [0.717, 1.165) is 12.1 Å². The molecule has 1 aromatic heterocycles. The van der Waals surface area contributed by atoms with Crippen LogP contribution in [0.3, 0.4) is 0 Å². The number of hydrogen-bond acceptors (Lipinski definition) is 4. The maximum atomic E-state index is 14.1. The first kappa shape index (κ1) is 20.3. The van der Waals surface area contributed by atoms with E-state index in [1.165, 1.54) is 18.5 Å². The summed E-state index contributed by atoms with van der Waals surface area (Å²) in [5.41, 5.74) is -0.0424. The van der Waals surface area contributed by atoms with Gasteiger partial charge in [-0.05, 0) is 18.2 Å². The largest absolute Gasteiger partial charge is 0.343 e. The molecule has 10 heteroatoms. The Morgan fingerprint density at radius 1 is 1.28 bits per heavy atom. The quantitative estimate of drug-likeness (QED) is 0.791. The molecule has 1 aliphatic heterocycles. The molecule has 0 aliphatic carbocycles. The molecule has 1 fully saturated rings. The number of carbonyl (C=O) groups is 2. The molecule has 150 valence electrons. The number of hydrogen-bond donors (Lipinski definition) is 1. The summed E-state index contributed by atoms with van der Waals surface area (Å²) >= 11 is 0. The fourth-order valence-corrected chi connectivity index (χ4v) is 3.06. The van der Waals surface area contributed by atoms with Crippen molar-refractivity contribution in [2.75, 3.05) is 13.1 Å². The number of nitrogens with zero attached hydrogens (tertiary/aromatic N) is 3. The van der Waals surface area contributed by atoms with Gasteiger partial charge in [0.05, 0.1) is 24.7 Å². The van der Waals surface area contributed by atoms with Crippen molar-refractivity contribution in [1.29, 1.82) is 5.26 Å². The van der Waals surface area contributed by atoms with Crippen LogP contribution in [0, 0.1) is 23.0 Å². The molecule has 1 atom stereocenters. The standard InChI is InChI=1S/C19H14F4N4O2/c20-11-1-2-13(16(21)5-11)15-8-25-4-3-14(15)18(29)26-9-17(28)27-10-19(22,23)6-12(27)7-24/h1-5,8,12H,6,9-10H2,(H,26,29). The zero-order valence-corrected chi connectivity index (χ0v) is 14.8.